The van der Waals surface area contributed by atoms with Crippen LogP contribution in [0.1, 0.15) is 74.7 Å². The van der Waals surface area contributed by atoms with E-state index in [1.54, 1.807) is 23.1 Å². The molecule has 0 saturated carbocycles. The van der Waals surface area contributed by atoms with E-state index in [1.807, 2.05) is 17.0 Å². The molecule has 10 nitrogen and oxygen atoms in total. The minimum atomic E-state index is -4.74. The first-order valence-corrected chi connectivity index (χ1v) is 15.1. The number of nitriles is 1. The maximum atomic E-state index is 13.9. The number of aromatic nitrogens is 2. The van der Waals surface area contributed by atoms with Crippen molar-refractivity contribution in [3.05, 3.63) is 47.3 Å². The van der Waals surface area contributed by atoms with E-state index in [2.05, 4.69) is 21.4 Å². The van der Waals surface area contributed by atoms with Crippen LogP contribution < -0.4 is 20.9 Å². The van der Waals surface area contributed by atoms with E-state index in [1.165, 1.54) is 0 Å². The second kappa shape index (κ2) is 15.0. The fourth-order valence-electron chi connectivity index (χ4n) is 5.89. The molecule has 3 heterocycles. The largest absolute Gasteiger partial charge is 0.451 e. The van der Waals surface area contributed by atoms with E-state index in [0.717, 1.165) is 24.8 Å². The van der Waals surface area contributed by atoms with Crippen molar-refractivity contribution in [1.82, 2.24) is 15.3 Å². The Kier molecular flexibility index (Phi) is 11.1. The van der Waals surface area contributed by atoms with Crippen molar-refractivity contribution < 1.29 is 27.6 Å². The molecule has 2 aromatic rings. The maximum absolute atomic E-state index is 13.9. The number of carbonyl (C=O) groups is 3. The molecule has 1 atom stereocenters. The lowest BCUT2D eigenvalue weighted by Crippen LogP contribution is -2.38. The van der Waals surface area contributed by atoms with Crippen molar-refractivity contribution in [2.24, 2.45) is 11.7 Å². The van der Waals surface area contributed by atoms with Gasteiger partial charge in [-0.2, -0.15) is 18.4 Å². The van der Waals surface area contributed by atoms with Crippen molar-refractivity contribution >= 4 is 29.2 Å². The number of amides is 2. The fraction of sp³-hybridized carbons (Fsp3) is 0.548. The first-order valence-electron chi connectivity index (χ1n) is 15.1. The molecular weight excluding hydrogens is 575 g/mol. The summed E-state index contributed by atoms with van der Waals surface area (Å²) in [5.74, 6) is -1.43. The van der Waals surface area contributed by atoms with Crippen LogP contribution in [0, 0.1) is 17.2 Å². The summed E-state index contributed by atoms with van der Waals surface area (Å²) >= 11 is 0. The van der Waals surface area contributed by atoms with Crippen LogP contribution in [0.2, 0.25) is 0 Å². The summed E-state index contributed by atoms with van der Waals surface area (Å²) < 4.78 is 41.7. The van der Waals surface area contributed by atoms with Gasteiger partial charge in [0.05, 0.1) is 24.2 Å². The zero-order chi connectivity index (χ0) is 31.7. The van der Waals surface area contributed by atoms with Crippen molar-refractivity contribution in [3.8, 4) is 6.07 Å². The highest BCUT2D eigenvalue weighted by molar-refractivity contribution is 5.87. The van der Waals surface area contributed by atoms with Gasteiger partial charge in [0.2, 0.25) is 17.6 Å². The molecule has 236 valence electrons. The highest BCUT2D eigenvalue weighted by Crippen LogP contribution is 2.34. The summed E-state index contributed by atoms with van der Waals surface area (Å²) in [6.07, 6.45) is 1.27. The zero-order valence-corrected chi connectivity index (χ0v) is 24.6. The third-order valence-electron chi connectivity index (χ3n) is 8.26. The van der Waals surface area contributed by atoms with Crippen LogP contribution in [0.25, 0.3) is 0 Å². The molecule has 2 aliphatic heterocycles. The Bertz CT molecular complexity index is 1350. The molecule has 13 heteroatoms. The van der Waals surface area contributed by atoms with Crippen LogP contribution in [0.3, 0.4) is 0 Å². The smallest absolute Gasteiger partial charge is 0.368 e. The zero-order valence-electron chi connectivity index (χ0n) is 24.6. The number of piperidine rings is 1. The number of nitrogens with two attached hydrogens (primary N) is 1. The van der Waals surface area contributed by atoms with Crippen molar-refractivity contribution in [2.75, 3.05) is 36.0 Å². The molecular formula is C31H38F3N7O3. The number of anilines is 2. The fourth-order valence-corrected chi connectivity index (χ4v) is 5.89. The first-order chi connectivity index (χ1) is 21.0. The summed E-state index contributed by atoms with van der Waals surface area (Å²) in [7, 11) is 0. The number of rotatable bonds is 13. The number of hydrogen-bond donors (Lipinski definition) is 2. The predicted molar refractivity (Wildman–Crippen MR) is 157 cm³/mol. The number of aryl methyl sites for hydroxylation is 1. The van der Waals surface area contributed by atoms with Gasteiger partial charge in [-0.05, 0) is 75.0 Å². The van der Waals surface area contributed by atoms with Gasteiger partial charge in [0.25, 0.3) is 0 Å². The number of carbonyl (C=O) groups excluding carboxylic acids is 3. The molecule has 0 bridgehead atoms. The number of halogens is 3. The van der Waals surface area contributed by atoms with E-state index in [9.17, 15) is 27.6 Å². The average molecular weight is 614 g/mol. The van der Waals surface area contributed by atoms with Crippen LogP contribution in [-0.2, 0) is 27.0 Å². The molecule has 2 saturated heterocycles. The number of nitrogens with zero attached hydrogens (tertiary/aromatic N) is 5. The SMILES string of the molecule is N#Cc1ccc(CCCC(=O)[C@@H]2CCCN2c2cc(N3CCC(CCCC(=O)NCC(N)=O)CC3)nc(C(F)(F)F)n2)cc1. The summed E-state index contributed by atoms with van der Waals surface area (Å²) in [6.45, 7) is 1.28. The molecule has 2 fully saturated rings. The number of primary amides is 1. The summed E-state index contributed by atoms with van der Waals surface area (Å²) in [4.78, 5) is 47.1. The van der Waals surface area contributed by atoms with Gasteiger partial charge in [-0.3, -0.25) is 14.4 Å². The highest BCUT2D eigenvalue weighted by atomic mass is 19.4. The lowest BCUT2D eigenvalue weighted by molar-refractivity contribution is -0.144. The molecule has 2 aliphatic rings. The number of nitrogens with one attached hydrogen (secondary N) is 1. The van der Waals surface area contributed by atoms with Crippen LogP contribution >= 0.6 is 0 Å². The van der Waals surface area contributed by atoms with Gasteiger partial charge in [-0.25, -0.2) is 9.97 Å². The molecule has 1 aromatic carbocycles. The molecule has 0 unspecified atom stereocenters. The maximum Gasteiger partial charge on any atom is 0.451 e. The van der Waals surface area contributed by atoms with Gasteiger partial charge >= 0.3 is 6.18 Å². The highest BCUT2D eigenvalue weighted by Gasteiger charge is 2.38. The first kappa shape index (κ1) is 32.7. The molecule has 4 rings (SSSR count). The Morgan fingerprint density at radius 2 is 1.70 bits per heavy atom. The minimum absolute atomic E-state index is 0.0195. The third-order valence-corrected chi connectivity index (χ3v) is 8.26. The number of alkyl halides is 3. The summed E-state index contributed by atoms with van der Waals surface area (Å²) in [6, 6.07) is 10.3. The van der Waals surface area contributed by atoms with E-state index < -0.39 is 23.9 Å². The van der Waals surface area contributed by atoms with Gasteiger partial charge in [-0.1, -0.05) is 12.1 Å². The summed E-state index contributed by atoms with van der Waals surface area (Å²) in [5.41, 5.74) is 6.62. The van der Waals surface area contributed by atoms with Crippen molar-refractivity contribution in [1.29, 1.82) is 5.26 Å². The van der Waals surface area contributed by atoms with Crippen LogP contribution in [0.5, 0.6) is 0 Å². The predicted octanol–water partition coefficient (Wildman–Crippen LogP) is 3.92. The summed E-state index contributed by atoms with van der Waals surface area (Å²) in [5, 5.41) is 11.4. The molecule has 0 spiro atoms. The Hall–Kier alpha value is -4.21. The van der Waals surface area contributed by atoms with Crippen LogP contribution in [0.15, 0.2) is 30.3 Å². The van der Waals surface area contributed by atoms with Gasteiger partial charge in [0.1, 0.15) is 11.6 Å². The molecule has 1 aromatic heterocycles. The lowest BCUT2D eigenvalue weighted by Gasteiger charge is -2.34. The Labute approximate surface area is 254 Å². The molecule has 0 radical (unpaired) electrons. The van der Waals surface area contributed by atoms with Gasteiger partial charge in [-0.15, -0.1) is 0 Å². The number of ketones is 1. The number of benzene rings is 1. The van der Waals surface area contributed by atoms with Gasteiger partial charge < -0.3 is 20.9 Å². The second-order valence-electron chi connectivity index (χ2n) is 11.5. The standard InChI is InChI=1S/C31H38F3N7O3/c32-31(33,34)30-38-27(40-16-13-22(14-17-40)5-2-8-29(44)37-20-26(36)43)18-28(39-30)41-15-3-6-24(41)25(42)7-1-4-21-9-11-23(19-35)12-10-21/h9-12,18,22,24H,1-8,13-17,20H2,(H2,36,43)(H,37,44)/t24-/m0/s1. The van der Waals surface area contributed by atoms with E-state index >= 15 is 0 Å². The normalized spacial score (nSPS) is 17.4. The monoisotopic (exact) mass is 613 g/mol. The molecule has 44 heavy (non-hydrogen) atoms. The molecule has 2 amide bonds. The van der Waals surface area contributed by atoms with Crippen molar-refractivity contribution in [2.45, 2.75) is 76.4 Å². The quantitative estimate of drug-likeness (QED) is 0.346. The Balaban J connectivity index is 1.36. The topological polar surface area (TPSA) is 145 Å². The van der Waals surface area contributed by atoms with E-state index in [-0.39, 0.29) is 36.3 Å². The average Bonchev–Trinajstić information content (AvgIpc) is 3.50. The second-order valence-corrected chi connectivity index (χ2v) is 11.5. The van der Waals surface area contributed by atoms with Gasteiger partial charge in [0, 0.05) is 38.5 Å². The van der Waals surface area contributed by atoms with E-state index in [4.69, 9.17) is 11.0 Å². The third kappa shape index (κ3) is 9.14. The number of Topliss-reactive ketones (excluding diaryl/α,β-unsaturated/α-hetero) is 1. The number of hydrogen-bond acceptors (Lipinski definition) is 8. The van der Waals surface area contributed by atoms with Crippen LogP contribution in [-0.4, -0.2) is 59.8 Å². The van der Waals surface area contributed by atoms with Crippen molar-refractivity contribution in [3.63, 3.8) is 0 Å². The van der Waals surface area contributed by atoms with Crippen LogP contribution in [0.4, 0.5) is 24.8 Å². The van der Waals surface area contributed by atoms with E-state index in [0.29, 0.717) is 69.6 Å². The molecule has 0 aliphatic carbocycles. The van der Waals surface area contributed by atoms with Gasteiger partial charge in [0.15, 0.2) is 5.78 Å². The Morgan fingerprint density at radius 3 is 2.36 bits per heavy atom. The Morgan fingerprint density at radius 1 is 1.00 bits per heavy atom. The lowest BCUT2D eigenvalue weighted by atomic mass is 9.91. The molecule has 3 N–H and O–H groups in total. The minimum Gasteiger partial charge on any atom is -0.368 e.